The number of rotatable bonds is 2. The summed E-state index contributed by atoms with van der Waals surface area (Å²) in [7, 11) is 1.56. The van der Waals surface area contributed by atoms with Crippen LogP contribution in [-0.2, 0) is 4.79 Å². The van der Waals surface area contributed by atoms with Crippen LogP contribution in [0.1, 0.15) is 16.6 Å². The smallest absolute Gasteiger partial charge is 0.261 e. The van der Waals surface area contributed by atoms with Gasteiger partial charge in [0.1, 0.15) is 5.00 Å². The lowest BCUT2D eigenvalue weighted by Crippen LogP contribution is -2.16. The molecular formula is C8H9BrN2O2S. The minimum atomic E-state index is -0.160. The highest BCUT2D eigenvalue weighted by Gasteiger charge is 2.12. The first-order chi connectivity index (χ1) is 6.54. The lowest BCUT2D eigenvalue weighted by atomic mass is 10.4. The molecule has 6 heteroatoms. The Balaban J connectivity index is 2.93. The van der Waals surface area contributed by atoms with Gasteiger partial charge in [0.25, 0.3) is 5.91 Å². The average molecular weight is 277 g/mol. The minimum Gasteiger partial charge on any atom is -0.354 e. The van der Waals surface area contributed by atoms with Crippen molar-refractivity contribution in [1.82, 2.24) is 5.32 Å². The van der Waals surface area contributed by atoms with Gasteiger partial charge in [-0.1, -0.05) is 0 Å². The molecule has 2 amide bonds. The van der Waals surface area contributed by atoms with E-state index in [9.17, 15) is 9.59 Å². The van der Waals surface area contributed by atoms with E-state index in [1.165, 1.54) is 18.3 Å². The molecule has 0 bridgehead atoms. The van der Waals surface area contributed by atoms with Gasteiger partial charge < -0.3 is 10.6 Å². The summed E-state index contributed by atoms with van der Waals surface area (Å²) in [5.74, 6) is -0.316. The Morgan fingerprint density at radius 3 is 2.64 bits per heavy atom. The first kappa shape index (κ1) is 11.2. The normalized spacial score (nSPS) is 9.64. The van der Waals surface area contributed by atoms with Gasteiger partial charge in [0.2, 0.25) is 5.91 Å². The second kappa shape index (κ2) is 4.56. The molecule has 1 heterocycles. The average Bonchev–Trinajstić information content (AvgIpc) is 2.46. The number of hydrogen-bond acceptors (Lipinski definition) is 3. The van der Waals surface area contributed by atoms with Crippen LogP contribution in [0.25, 0.3) is 0 Å². The van der Waals surface area contributed by atoms with Gasteiger partial charge in [0.15, 0.2) is 0 Å². The number of thiophene rings is 1. The van der Waals surface area contributed by atoms with Crippen LogP contribution in [-0.4, -0.2) is 18.9 Å². The van der Waals surface area contributed by atoms with E-state index in [1.807, 2.05) is 0 Å². The second-order valence-corrected chi connectivity index (χ2v) is 4.45. The zero-order valence-electron chi connectivity index (χ0n) is 7.68. The number of carbonyl (C=O) groups excluding carboxylic acids is 2. The molecule has 14 heavy (non-hydrogen) atoms. The summed E-state index contributed by atoms with van der Waals surface area (Å²) in [5, 5.41) is 5.79. The van der Waals surface area contributed by atoms with Gasteiger partial charge in [-0.2, -0.15) is 0 Å². The Hall–Kier alpha value is -0.880. The first-order valence-electron chi connectivity index (χ1n) is 3.83. The molecule has 0 saturated carbocycles. The van der Waals surface area contributed by atoms with E-state index in [1.54, 1.807) is 13.1 Å². The maximum absolute atomic E-state index is 11.2. The van der Waals surface area contributed by atoms with Crippen LogP contribution in [0.3, 0.4) is 0 Å². The van der Waals surface area contributed by atoms with E-state index >= 15 is 0 Å². The Labute approximate surface area is 93.8 Å². The molecule has 1 aromatic rings. The van der Waals surface area contributed by atoms with Crippen LogP contribution in [0, 0.1) is 0 Å². The number of anilines is 1. The maximum atomic E-state index is 11.2. The van der Waals surface area contributed by atoms with Crippen LogP contribution < -0.4 is 10.6 Å². The minimum absolute atomic E-state index is 0.156. The third-order valence-corrected chi connectivity index (χ3v) is 3.36. The summed E-state index contributed by atoms with van der Waals surface area (Å²) in [4.78, 5) is 22.6. The molecule has 4 nitrogen and oxygen atoms in total. The predicted molar refractivity (Wildman–Crippen MR) is 59.7 cm³/mol. The summed E-state index contributed by atoms with van der Waals surface area (Å²) in [5.41, 5.74) is 0. The Bertz CT molecular complexity index is 375. The SMILES string of the molecule is CNC(=O)c1cc(Br)c(NC(C)=O)s1. The van der Waals surface area contributed by atoms with Gasteiger partial charge in [0, 0.05) is 14.0 Å². The third-order valence-electron chi connectivity index (χ3n) is 1.43. The molecule has 0 aromatic carbocycles. The van der Waals surface area contributed by atoms with Gasteiger partial charge in [0.05, 0.1) is 9.35 Å². The largest absolute Gasteiger partial charge is 0.354 e. The Morgan fingerprint density at radius 1 is 1.50 bits per heavy atom. The Kier molecular flexibility index (Phi) is 3.65. The van der Waals surface area contributed by atoms with Crippen LogP contribution in [0.4, 0.5) is 5.00 Å². The predicted octanol–water partition coefficient (Wildman–Crippen LogP) is 1.83. The second-order valence-electron chi connectivity index (χ2n) is 2.55. The van der Waals surface area contributed by atoms with E-state index < -0.39 is 0 Å². The zero-order valence-corrected chi connectivity index (χ0v) is 10.1. The summed E-state index contributed by atoms with van der Waals surface area (Å²) in [6, 6.07) is 1.68. The van der Waals surface area contributed by atoms with E-state index in [-0.39, 0.29) is 11.8 Å². The fourth-order valence-corrected chi connectivity index (χ4v) is 2.51. The summed E-state index contributed by atoms with van der Waals surface area (Å²) < 4.78 is 0.719. The summed E-state index contributed by atoms with van der Waals surface area (Å²) >= 11 is 4.49. The molecule has 0 aliphatic rings. The van der Waals surface area contributed by atoms with Crippen LogP contribution >= 0.6 is 27.3 Å². The number of amides is 2. The fraction of sp³-hybridized carbons (Fsp3) is 0.250. The van der Waals surface area contributed by atoms with Crippen molar-refractivity contribution in [3.8, 4) is 0 Å². The van der Waals surface area contributed by atoms with Crippen molar-refractivity contribution in [3.63, 3.8) is 0 Å². The Morgan fingerprint density at radius 2 is 2.14 bits per heavy atom. The molecule has 0 saturated heterocycles. The number of carbonyl (C=O) groups is 2. The molecule has 0 aliphatic heterocycles. The molecular weight excluding hydrogens is 268 g/mol. The molecule has 0 unspecified atom stereocenters. The molecule has 2 N–H and O–H groups in total. The highest BCUT2D eigenvalue weighted by atomic mass is 79.9. The van der Waals surface area contributed by atoms with E-state index in [0.717, 1.165) is 4.47 Å². The molecule has 0 aliphatic carbocycles. The van der Waals surface area contributed by atoms with Crippen molar-refractivity contribution in [2.45, 2.75) is 6.92 Å². The first-order valence-corrected chi connectivity index (χ1v) is 5.44. The highest BCUT2D eigenvalue weighted by Crippen LogP contribution is 2.32. The van der Waals surface area contributed by atoms with Gasteiger partial charge >= 0.3 is 0 Å². The van der Waals surface area contributed by atoms with E-state index in [2.05, 4.69) is 26.6 Å². The van der Waals surface area contributed by atoms with E-state index in [0.29, 0.717) is 9.88 Å². The molecule has 0 spiro atoms. The third kappa shape index (κ3) is 2.55. The number of halogens is 1. The van der Waals surface area contributed by atoms with Gasteiger partial charge in [-0.3, -0.25) is 9.59 Å². The molecule has 1 aromatic heterocycles. The number of hydrogen-bond donors (Lipinski definition) is 2. The summed E-state index contributed by atoms with van der Waals surface area (Å²) in [6.45, 7) is 1.42. The van der Waals surface area contributed by atoms with Gasteiger partial charge in [-0.05, 0) is 22.0 Å². The van der Waals surface area contributed by atoms with Gasteiger partial charge in [-0.15, -0.1) is 11.3 Å². The molecule has 0 radical (unpaired) electrons. The van der Waals surface area contributed by atoms with Crippen molar-refractivity contribution in [2.24, 2.45) is 0 Å². The van der Waals surface area contributed by atoms with Crippen LogP contribution in [0.5, 0.6) is 0 Å². The summed E-state index contributed by atoms with van der Waals surface area (Å²) in [6.07, 6.45) is 0. The van der Waals surface area contributed by atoms with Crippen molar-refractivity contribution in [1.29, 1.82) is 0 Å². The van der Waals surface area contributed by atoms with Crippen molar-refractivity contribution >= 4 is 44.1 Å². The van der Waals surface area contributed by atoms with E-state index in [4.69, 9.17) is 0 Å². The molecule has 0 fully saturated rings. The molecule has 0 atom stereocenters. The highest BCUT2D eigenvalue weighted by molar-refractivity contribution is 9.10. The molecule has 1 rings (SSSR count). The molecule has 76 valence electrons. The maximum Gasteiger partial charge on any atom is 0.261 e. The standard InChI is InChI=1S/C8H9BrN2O2S/c1-4(12)11-8-5(9)3-6(14-8)7(13)10-2/h3H,1-2H3,(H,10,13)(H,11,12). The quantitative estimate of drug-likeness (QED) is 0.866. The topological polar surface area (TPSA) is 58.2 Å². The van der Waals surface area contributed by atoms with Crippen molar-refractivity contribution in [2.75, 3.05) is 12.4 Å². The van der Waals surface area contributed by atoms with Crippen LogP contribution in [0.2, 0.25) is 0 Å². The monoisotopic (exact) mass is 276 g/mol. The van der Waals surface area contributed by atoms with Crippen LogP contribution in [0.15, 0.2) is 10.5 Å². The lowest BCUT2D eigenvalue weighted by molar-refractivity contribution is -0.114. The zero-order chi connectivity index (χ0) is 10.7. The fourth-order valence-electron chi connectivity index (χ4n) is 0.849. The van der Waals surface area contributed by atoms with Crippen molar-refractivity contribution in [3.05, 3.63) is 15.4 Å². The van der Waals surface area contributed by atoms with Gasteiger partial charge in [-0.25, -0.2) is 0 Å². The van der Waals surface area contributed by atoms with Crippen molar-refractivity contribution < 1.29 is 9.59 Å². The number of nitrogens with one attached hydrogen (secondary N) is 2. The lowest BCUT2D eigenvalue weighted by Gasteiger charge is -1.96.